The molecule has 0 bridgehead atoms. The molecule has 1 unspecified atom stereocenters. The van der Waals surface area contributed by atoms with E-state index in [1.165, 1.54) is 25.7 Å². The molecule has 2 amide bonds. The van der Waals surface area contributed by atoms with Gasteiger partial charge in [-0.3, -0.25) is 9.59 Å². The summed E-state index contributed by atoms with van der Waals surface area (Å²) in [5.41, 5.74) is 0.323. The zero-order chi connectivity index (χ0) is 22.5. The second-order valence-corrected chi connectivity index (χ2v) is 11.1. The van der Waals surface area contributed by atoms with E-state index in [0.29, 0.717) is 48.5 Å². The van der Waals surface area contributed by atoms with Crippen LogP contribution in [0.4, 0.5) is 0 Å². The Bertz CT molecular complexity index is 918. The fourth-order valence-corrected chi connectivity index (χ4v) is 8.08. The predicted molar refractivity (Wildman–Crippen MR) is 122 cm³/mol. The third-order valence-electron chi connectivity index (χ3n) is 9.82. The van der Waals surface area contributed by atoms with Crippen LogP contribution in [0.5, 0.6) is 0 Å². The molecule has 3 aliphatic carbocycles. The average Bonchev–Trinajstić information content (AvgIpc) is 3.12. The Labute approximate surface area is 191 Å². The lowest BCUT2D eigenvalue weighted by Gasteiger charge is -2.60. The molecule has 1 N–H and O–H groups in total. The van der Waals surface area contributed by atoms with Crippen molar-refractivity contribution >= 4 is 11.8 Å². The molecule has 2 heterocycles. The lowest BCUT2D eigenvalue weighted by Crippen LogP contribution is -2.59. The molecule has 3 fully saturated rings. The molecule has 0 radical (unpaired) electrons. The minimum Gasteiger partial charge on any atom is -0.349 e. The van der Waals surface area contributed by atoms with Crippen LogP contribution in [0.25, 0.3) is 0 Å². The largest absolute Gasteiger partial charge is 0.349 e. The Kier molecular flexibility index (Phi) is 5.37. The van der Waals surface area contributed by atoms with Gasteiger partial charge in [0, 0.05) is 37.3 Å². The van der Waals surface area contributed by atoms with Crippen molar-refractivity contribution in [2.24, 2.45) is 34.5 Å². The van der Waals surface area contributed by atoms with Gasteiger partial charge in [0.2, 0.25) is 11.8 Å². The Hall–Kier alpha value is -2.24. The minimum atomic E-state index is 0.0814. The Morgan fingerprint density at radius 3 is 2.69 bits per heavy atom. The highest BCUT2D eigenvalue weighted by Gasteiger charge is 2.60. The van der Waals surface area contributed by atoms with Gasteiger partial charge in [0.1, 0.15) is 5.82 Å². The van der Waals surface area contributed by atoms with E-state index < -0.39 is 0 Å². The highest BCUT2D eigenvalue weighted by Crippen LogP contribution is 2.65. The van der Waals surface area contributed by atoms with Crippen LogP contribution >= 0.6 is 0 Å². The van der Waals surface area contributed by atoms with Crippen LogP contribution in [0.15, 0.2) is 30.6 Å². The standard InChI is InChI=1S/C26H36N4O2/c1-25-11-9-20-18(6-8-21-26(20,2)12-10-24(32)30(21)3)19(25)7-5-17(25)15-23(31)29-16-22-27-13-4-14-28-22/h4,10,12-14,17-21H,5-9,11,15-16H2,1-3H3,(H,29,31)/t17?,18-,19-,20-,21+,25+,26+/m0/s1. The number of carbonyl (C=O) groups excluding carboxylic acids is 2. The van der Waals surface area contributed by atoms with Crippen LogP contribution in [0.2, 0.25) is 0 Å². The van der Waals surface area contributed by atoms with Crippen LogP contribution in [0, 0.1) is 34.5 Å². The number of likely N-dealkylation sites (N-methyl/N-ethyl adjacent to an activating group) is 1. The summed E-state index contributed by atoms with van der Waals surface area (Å²) in [4.78, 5) is 35.4. The van der Waals surface area contributed by atoms with Gasteiger partial charge in [-0.2, -0.15) is 0 Å². The van der Waals surface area contributed by atoms with E-state index >= 15 is 0 Å². The quantitative estimate of drug-likeness (QED) is 0.780. The van der Waals surface area contributed by atoms with E-state index in [2.05, 4.69) is 35.2 Å². The van der Waals surface area contributed by atoms with Crippen molar-refractivity contribution in [3.63, 3.8) is 0 Å². The highest BCUT2D eigenvalue weighted by molar-refractivity contribution is 5.89. The number of amides is 2. The molecule has 172 valence electrons. The van der Waals surface area contributed by atoms with Gasteiger partial charge in [-0.15, -0.1) is 0 Å². The second kappa shape index (κ2) is 7.96. The zero-order valence-electron chi connectivity index (χ0n) is 19.6. The molecule has 0 spiro atoms. The summed E-state index contributed by atoms with van der Waals surface area (Å²) in [7, 11) is 1.98. The minimum absolute atomic E-state index is 0.0814. The summed E-state index contributed by atoms with van der Waals surface area (Å²) >= 11 is 0. The highest BCUT2D eigenvalue weighted by atomic mass is 16.2. The number of hydrogen-bond donors (Lipinski definition) is 1. The van der Waals surface area contributed by atoms with Gasteiger partial charge in [-0.1, -0.05) is 19.9 Å². The monoisotopic (exact) mass is 436 g/mol. The Balaban J connectivity index is 1.27. The van der Waals surface area contributed by atoms with Gasteiger partial charge < -0.3 is 10.2 Å². The number of aromatic nitrogens is 2. The summed E-state index contributed by atoms with van der Waals surface area (Å²) in [6.45, 7) is 5.25. The maximum absolute atomic E-state index is 12.8. The van der Waals surface area contributed by atoms with Crippen LogP contribution < -0.4 is 5.32 Å². The average molecular weight is 437 g/mol. The molecular weight excluding hydrogens is 400 g/mol. The van der Waals surface area contributed by atoms with Gasteiger partial charge in [0.25, 0.3) is 0 Å². The zero-order valence-corrected chi connectivity index (χ0v) is 19.6. The van der Waals surface area contributed by atoms with Gasteiger partial charge in [-0.05, 0) is 79.8 Å². The number of nitrogens with zero attached hydrogens (tertiary/aromatic N) is 3. The first-order valence-corrected chi connectivity index (χ1v) is 12.3. The molecule has 1 aromatic heterocycles. The molecule has 6 heteroatoms. The van der Waals surface area contributed by atoms with Crippen molar-refractivity contribution in [1.82, 2.24) is 20.2 Å². The van der Waals surface area contributed by atoms with Gasteiger partial charge >= 0.3 is 0 Å². The molecule has 4 aliphatic rings. The predicted octanol–water partition coefficient (Wildman–Crippen LogP) is 3.74. The maximum Gasteiger partial charge on any atom is 0.246 e. The molecule has 5 rings (SSSR count). The van der Waals surface area contributed by atoms with Gasteiger partial charge in [-0.25, -0.2) is 9.97 Å². The number of hydrogen-bond acceptors (Lipinski definition) is 4. The summed E-state index contributed by atoms with van der Waals surface area (Å²) in [5, 5.41) is 3.04. The van der Waals surface area contributed by atoms with Gasteiger partial charge in [0.05, 0.1) is 6.54 Å². The summed E-state index contributed by atoms with van der Waals surface area (Å²) in [6.07, 6.45) is 15.1. The molecule has 6 nitrogen and oxygen atoms in total. The smallest absolute Gasteiger partial charge is 0.246 e. The van der Waals surface area contributed by atoms with E-state index in [9.17, 15) is 9.59 Å². The number of rotatable bonds is 4. The lowest BCUT2D eigenvalue weighted by molar-refractivity contribution is -0.139. The number of carbonyl (C=O) groups is 2. The van der Waals surface area contributed by atoms with E-state index in [-0.39, 0.29) is 22.6 Å². The van der Waals surface area contributed by atoms with Crippen LogP contribution in [-0.2, 0) is 16.1 Å². The first-order chi connectivity index (χ1) is 15.3. The fraction of sp³-hybridized carbons (Fsp3) is 0.692. The van der Waals surface area contributed by atoms with Crippen LogP contribution in [0.3, 0.4) is 0 Å². The molecule has 0 saturated heterocycles. The lowest BCUT2D eigenvalue weighted by atomic mass is 9.47. The van der Waals surface area contributed by atoms with Crippen molar-refractivity contribution < 1.29 is 9.59 Å². The fourth-order valence-electron chi connectivity index (χ4n) is 8.08. The van der Waals surface area contributed by atoms with Crippen molar-refractivity contribution in [2.45, 2.75) is 71.4 Å². The Morgan fingerprint density at radius 2 is 1.91 bits per heavy atom. The van der Waals surface area contributed by atoms with E-state index in [1.807, 2.05) is 18.0 Å². The van der Waals surface area contributed by atoms with Crippen molar-refractivity contribution in [3.05, 3.63) is 36.4 Å². The molecular formula is C26H36N4O2. The topological polar surface area (TPSA) is 75.2 Å². The maximum atomic E-state index is 12.8. The SMILES string of the molecule is CN1C(=O)C=C[C@]2(C)[C@H]3CC[C@]4(C)C(CC(=O)NCc5ncccn5)CC[C@H]4[C@@H]3CC[C@@H]12. The number of fused-ring (bicyclic) bond motifs is 5. The molecule has 1 aliphatic heterocycles. The van der Waals surface area contributed by atoms with Crippen LogP contribution in [-0.4, -0.2) is 39.8 Å². The van der Waals surface area contributed by atoms with Crippen molar-refractivity contribution in [1.29, 1.82) is 0 Å². The molecule has 0 aromatic carbocycles. The normalized spacial score (nSPS) is 40.4. The Morgan fingerprint density at radius 1 is 1.12 bits per heavy atom. The number of nitrogens with one attached hydrogen (secondary N) is 1. The third-order valence-corrected chi connectivity index (χ3v) is 9.82. The van der Waals surface area contributed by atoms with Crippen molar-refractivity contribution in [2.75, 3.05) is 7.05 Å². The molecule has 3 saturated carbocycles. The second-order valence-electron chi connectivity index (χ2n) is 11.1. The summed E-state index contributed by atoms with van der Waals surface area (Å²) in [5.74, 6) is 3.40. The van der Waals surface area contributed by atoms with E-state index in [1.54, 1.807) is 18.5 Å². The van der Waals surface area contributed by atoms with Gasteiger partial charge in [0.15, 0.2) is 0 Å². The first kappa shape index (κ1) is 21.6. The first-order valence-electron chi connectivity index (χ1n) is 12.3. The van der Waals surface area contributed by atoms with E-state index in [0.717, 1.165) is 12.8 Å². The molecule has 1 aromatic rings. The summed E-state index contributed by atoms with van der Waals surface area (Å²) in [6, 6.07) is 2.11. The van der Waals surface area contributed by atoms with E-state index in [4.69, 9.17) is 0 Å². The summed E-state index contributed by atoms with van der Waals surface area (Å²) < 4.78 is 0. The molecule has 32 heavy (non-hydrogen) atoms. The van der Waals surface area contributed by atoms with Crippen LogP contribution in [0.1, 0.15) is 64.6 Å². The third kappa shape index (κ3) is 3.37. The molecule has 7 atom stereocenters. The van der Waals surface area contributed by atoms with Crippen molar-refractivity contribution in [3.8, 4) is 0 Å².